The molecule has 2 heterocycles. The first-order valence-corrected chi connectivity index (χ1v) is 5.52. The minimum Gasteiger partial charge on any atom is -0.367 e. The van der Waals surface area contributed by atoms with Crippen molar-refractivity contribution >= 4 is 0 Å². The number of aryl methyl sites for hydroxylation is 1. The molecule has 0 aliphatic carbocycles. The van der Waals surface area contributed by atoms with Crippen molar-refractivity contribution in [2.45, 2.75) is 26.4 Å². The third kappa shape index (κ3) is 2.17. The lowest BCUT2D eigenvalue weighted by molar-refractivity contribution is 0.571. The second kappa shape index (κ2) is 4.53. The fraction of sp³-hybridized carbons (Fsp3) is 0.417. The van der Waals surface area contributed by atoms with Gasteiger partial charge in [0.15, 0.2) is 0 Å². The van der Waals surface area contributed by atoms with Crippen molar-refractivity contribution in [1.29, 1.82) is 0 Å². The number of aromatic nitrogens is 3. The van der Waals surface area contributed by atoms with Gasteiger partial charge in [0.05, 0.1) is 6.20 Å². The molecule has 4 nitrogen and oxygen atoms in total. The van der Waals surface area contributed by atoms with E-state index in [1.54, 1.807) is 0 Å². The molecule has 1 atom stereocenters. The van der Waals surface area contributed by atoms with Crippen LogP contribution in [0.3, 0.4) is 0 Å². The summed E-state index contributed by atoms with van der Waals surface area (Å²) in [6, 6.07) is 2.40. The summed E-state index contributed by atoms with van der Waals surface area (Å²) in [5, 5.41) is 7.73. The average Bonchev–Trinajstić information content (AvgIpc) is 2.88. The summed E-state index contributed by atoms with van der Waals surface area (Å²) in [5.74, 6) is 0. The van der Waals surface area contributed by atoms with Crippen LogP contribution < -0.4 is 5.32 Å². The zero-order valence-electron chi connectivity index (χ0n) is 9.99. The lowest BCUT2D eigenvalue weighted by Crippen LogP contribution is -2.18. The SMILES string of the molecule is Cc1c(C(C)NCc2cc[nH]c2)cnn1C. The van der Waals surface area contributed by atoms with E-state index in [9.17, 15) is 0 Å². The summed E-state index contributed by atoms with van der Waals surface area (Å²) < 4.78 is 1.91. The van der Waals surface area contributed by atoms with Crippen LogP contribution in [0.1, 0.15) is 29.8 Å². The Morgan fingerprint density at radius 2 is 2.38 bits per heavy atom. The molecule has 0 fully saturated rings. The van der Waals surface area contributed by atoms with Crippen LogP contribution in [0, 0.1) is 6.92 Å². The Bertz CT molecular complexity index is 442. The Hall–Kier alpha value is -1.55. The Morgan fingerprint density at radius 1 is 1.56 bits per heavy atom. The van der Waals surface area contributed by atoms with Crippen molar-refractivity contribution < 1.29 is 0 Å². The summed E-state index contributed by atoms with van der Waals surface area (Å²) in [4.78, 5) is 3.05. The Morgan fingerprint density at radius 3 is 2.94 bits per heavy atom. The first kappa shape index (κ1) is 11.0. The van der Waals surface area contributed by atoms with Crippen molar-refractivity contribution in [3.8, 4) is 0 Å². The summed E-state index contributed by atoms with van der Waals surface area (Å²) in [5.41, 5.74) is 3.75. The number of nitrogens with zero attached hydrogens (tertiary/aromatic N) is 2. The maximum absolute atomic E-state index is 4.25. The van der Waals surface area contributed by atoms with Gasteiger partial charge in [-0.3, -0.25) is 4.68 Å². The fourth-order valence-electron chi connectivity index (χ4n) is 1.79. The first-order chi connectivity index (χ1) is 7.68. The second-order valence-electron chi connectivity index (χ2n) is 4.13. The van der Waals surface area contributed by atoms with Gasteiger partial charge in [-0.05, 0) is 25.5 Å². The highest BCUT2D eigenvalue weighted by Gasteiger charge is 2.11. The van der Waals surface area contributed by atoms with E-state index in [0.717, 1.165) is 6.54 Å². The fourth-order valence-corrected chi connectivity index (χ4v) is 1.79. The van der Waals surface area contributed by atoms with E-state index in [-0.39, 0.29) is 0 Å². The largest absolute Gasteiger partial charge is 0.367 e. The van der Waals surface area contributed by atoms with Crippen LogP contribution in [0.25, 0.3) is 0 Å². The molecular weight excluding hydrogens is 200 g/mol. The highest BCUT2D eigenvalue weighted by Crippen LogP contribution is 2.16. The lowest BCUT2D eigenvalue weighted by atomic mass is 10.1. The van der Waals surface area contributed by atoms with E-state index >= 15 is 0 Å². The monoisotopic (exact) mass is 218 g/mol. The van der Waals surface area contributed by atoms with E-state index in [2.05, 4.69) is 35.3 Å². The van der Waals surface area contributed by atoms with Crippen molar-refractivity contribution in [2.75, 3.05) is 0 Å². The molecule has 0 spiro atoms. The van der Waals surface area contributed by atoms with Crippen LogP contribution in [-0.2, 0) is 13.6 Å². The van der Waals surface area contributed by atoms with E-state index < -0.39 is 0 Å². The Kier molecular flexibility index (Phi) is 3.10. The Labute approximate surface area is 95.7 Å². The third-order valence-corrected chi connectivity index (χ3v) is 3.01. The van der Waals surface area contributed by atoms with Gasteiger partial charge in [-0.1, -0.05) is 0 Å². The molecule has 2 aromatic heterocycles. The molecule has 16 heavy (non-hydrogen) atoms. The molecule has 86 valence electrons. The van der Waals surface area contributed by atoms with Crippen LogP contribution >= 0.6 is 0 Å². The molecule has 2 aromatic rings. The van der Waals surface area contributed by atoms with Gasteiger partial charge in [0.25, 0.3) is 0 Å². The average molecular weight is 218 g/mol. The molecule has 0 bridgehead atoms. The summed E-state index contributed by atoms with van der Waals surface area (Å²) in [6.45, 7) is 5.13. The first-order valence-electron chi connectivity index (χ1n) is 5.52. The van der Waals surface area contributed by atoms with Crippen molar-refractivity contribution in [3.05, 3.63) is 41.5 Å². The summed E-state index contributed by atoms with van der Waals surface area (Å²) >= 11 is 0. The predicted octanol–water partition coefficient (Wildman–Crippen LogP) is 1.91. The minimum absolute atomic E-state index is 0.323. The third-order valence-electron chi connectivity index (χ3n) is 3.01. The standard InChI is InChI=1S/C12H18N4/c1-9(12-8-15-16(3)10(12)2)14-7-11-4-5-13-6-11/h4-6,8-9,13-14H,7H2,1-3H3. The Balaban J connectivity index is 1.98. The molecule has 1 unspecified atom stereocenters. The number of nitrogens with one attached hydrogen (secondary N) is 2. The quantitative estimate of drug-likeness (QED) is 0.823. The topological polar surface area (TPSA) is 45.6 Å². The maximum atomic E-state index is 4.25. The van der Waals surface area contributed by atoms with Crippen LogP contribution in [-0.4, -0.2) is 14.8 Å². The van der Waals surface area contributed by atoms with Gasteiger partial charge in [0.2, 0.25) is 0 Å². The van der Waals surface area contributed by atoms with Crippen molar-refractivity contribution in [1.82, 2.24) is 20.1 Å². The van der Waals surface area contributed by atoms with Gasteiger partial charge in [0.1, 0.15) is 0 Å². The lowest BCUT2D eigenvalue weighted by Gasteiger charge is -2.12. The molecule has 0 saturated heterocycles. The van der Waals surface area contributed by atoms with Gasteiger partial charge in [-0.15, -0.1) is 0 Å². The zero-order valence-corrected chi connectivity index (χ0v) is 9.99. The van der Waals surface area contributed by atoms with E-state index in [1.807, 2.05) is 30.3 Å². The van der Waals surface area contributed by atoms with Gasteiger partial charge >= 0.3 is 0 Å². The molecule has 0 aromatic carbocycles. The van der Waals surface area contributed by atoms with Gasteiger partial charge in [0, 0.05) is 43.3 Å². The summed E-state index contributed by atoms with van der Waals surface area (Å²) in [6.07, 6.45) is 5.89. The number of hydrogen-bond donors (Lipinski definition) is 2. The number of aromatic amines is 1. The van der Waals surface area contributed by atoms with Gasteiger partial charge in [-0.2, -0.15) is 5.10 Å². The maximum Gasteiger partial charge on any atom is 0.0540 e. The molecule has 0 aliphatic rings. The van der Waals surface area contributed by atoms with E-state index in [0.29, 0.717) is 6.04 Å². The molecule has 4 heteroatoms. The van der Waals surface area contributed by atoms with Gasteiger partial charge < -0.3 is 10.3 Å². The smallest absolute Gasteiger partial charge is 0.0540 e. The minimum atomic E-state index is 0.323. The summed E-state index contributed by atoms with van der Waals surface area (Å²) in [7, 11) is 1.97. The van der Waals surface area contributed by atoms with Crippen LogP contribution in [0.4, 0.5) is 0 Å². The number of H-pyrrole nitrogens is 1. The van der Waals surface area contributed by atoms with E-state index in [1.165, 1.54) is 16.8 Å². The normalized spacial score (nSPS) is 12.9. The molecular formula is C12H18N4. The second-order valence-corrected chi connectivity index (χ2v) is 4.13. The molecule has 2 N–H and O–H groups in total. The van der Waals surface area contributed by atoms with Gasteiger partial charge in [-0.25, -0.2) is 0 Å². The van der Waals surface area contributed by atoms with Crippen LogP contribution in [0.15, 0.2) is 24.7 Å². The molecule has 0 saturated carbocycles. The van der Waals surface area contributed by atoms with Crippen LogP contribution in [0.2, 0.25) is 0 Å². The van der Waals surface area contributed by atoms with Crippen LogP contribution in [0.5, 0.6) is 0 Å². The highest BCUT2D eigenvalue weighted by atomic mass is 15.3. The molecule has 0 radical (unpaired) electrons. The predicted molar refractivity (Wildman–Crippen MR) is 64.0 cm³/mol. The van der Waals surface area contributed by atoms with Crippen molar-refractivity contribution in [2.24, 2.45) is 7.05 Å². The molecule has 2 rings (SSSR count). The zero-order chi connectivity index (χ0) is 11.5. The van der Waals surface area contributed by atoms with E-state index in [4.69, 9.17) is 0 Å². The number of rotatable bonds is 4. The molecule has 0 amide bonds. The number of hydrogen-bond acceptors (Lipinski definition) is 2. The molecule has 0 aliphatic heterocycles. The highest BCUT2D eigenvalue weighted by molar-refractivity contribution is 5.20. The van der Waals surface area contributed by atoms with Crippen molar-refractivity contribution in [3.63, 3.8) is 0 Å².